The van der Waals surface area contributed by atoms with Crippen molar-refractivity contribution < 1.29 is 4.74 Å². The molecule has 0 N–H and O–H groups in total. The lowest BCUT2D eigenvalue weighted by molar-refractivity contribution is 0.415. The van der Waals surface area contributed by atoms with Crippen LogP contribution in [-0.4, -0.2) is 17.1 Å². The van der Waals surface area contributed by atoms with Gasteiger partial charge in [0.25, 0.3) is 0 Å². The van der Waals surface area contributed by atoms with Crippen molar-refractivity contribution in [3.63, 3.8) is 0 Å². The minimum atomic E-state index is 0.487. The lowest BCUT2D eigenvalue weighted by atomic mass is 10.1. The van der Waals surface area contributed by atoms with Crippen LogP contribution in [0.15, 0.2) is 42.5 Å². The second kappa shape index (κ2) is 5.70. The van der Waals surface area contributed by atoms with Gasteiger partial charge in [0.05, 0.1) is 12.6 Å². The topological polar surface area (TPSA) is 35.0 Å². The summed E-state index contributed by atoms with van der Waals surface area (Å²) in [5.74, 6) is 1.44. The zero-order chi connectivity index (χ0) is 14.8. The maximum atomic E-state index is 6.32. The molecule has 0 saturated heterocycles. The Hall–Kier alpha value is -2.13. The average molecular weight is 299 g/mol. The normalized spacial score (nSPS) is 10.8. The van der Waals surface area contributed by atoms with Gasteiger partial charge in [-0.05, 0) is 42.3 Å². The standard InChI is InChI=1S/C17H15ClN2O/c1-3-11-5-4-6-14-15(11)19-17(20-16(14)18)12-7-9-13(21-2)10-8-12/h4-10H,3H2,1-2H3. The maximum absolute atomic E-state index is 6.32. The first-order valence-corrected chi connectivity index (χ1v) is 7.20. The third-order valence-corrected chi connectivity index (χ3v) is 3.78. The molecule has 0 amide bonds. The molecular formula is C17H15ClN2O. The number of hydrogen-bond acceptors (Lipinski definition) is 3. The van der Waals surface area contributed by atoms with Gasteiger partial charge in [-0.25, -0.2) is 9.97 Å². The summed E-state index contributed by atoms with van der Waals surface area (Å²) in [6.07, 6.45) is 0.909. The molecule has 4 heteroatoms. The van der Waals surface area contributed by atoms with Gasteiger partial charge in [-0.3, -0.25) is 0 Å². The van der Waals surface area contributed by atoms with Crippen molar-refractivity contribution >= 4 is 22.5 Å². The van der Waals surface area contributed by atoms with E-state index >= 15 is 0 Å². The highest BCUT2D eigenvalue weighted by molar-refractivity contribution is 6.34. The summed E-state index contributed by atoms with van der Waals surface area (Å²) in [6.45, 7) is 2.11. The van der Waals surface area contributed by atoms with E-state index in [9.17, 15) is 0 Å². The van der Waals surface area contributed by atoms with Gasteiger partial charge < -0.3 is 4.74 Å². The lowest BCUT2D eigenvalue weighted by Gasteiger charge is -2.08. The summed E-state index contributed by atoms with van der Waals surface area (Å²) in [6, 6.07) is 13.7. The number of hydrogen-bond donors (Lipinski definition) is 0. The van der Waals surface area contributed by atoms with Crippen molar-refractivity contribution in [1.82, 2.24) is 9.97 Å². The number of benzene rings is 2. The van der Waals surface area contributed by atoms with Gasteiger partial charge in [-0.1, -0.05) is 30.7 Å². The summed E-state index contributed by atoms with van der Waals surface area (Å²) >= 11 is 6.32. The van der Waals surface area contributed by atoms with E-state index in [1.807, 2.05) is 36.4 Å². The average Bonchev–Trinajstić information content (AvgIpc) is 2.54. The fraction of sp³-hybridized carbons (Fsp3) is 0.176. The predicted octanol–water partition coefficient (Wildman–Crippen LogP) is 4.52. The first-order chi connectivity index (χ1) is 10.2. The van der Waals surface area contributed by atoms with E-state index in [0.29, 0.717) is 11.0 Å². The van der Waals surface area contributed by atoms with Crippen LogP contribution in [0.3, 0.4) is 0 Å². The third-order valence-electron chi connectivity index (χ3n) is 3.49. The van der Waals surface area contributed by atoms with Crippen molar-refractivity contribution in [1.29, 1.82) is 0 Å². The lowest BCUT2D eigenvalue weighted by Crippen LogP contribution is -1.95. The van der Waals surface area contributed by atoms with Crippen molar-refractivity contribution in [3.8, 4) is 17.1 Å². The number of nitrogens with zero attached hydrogens (tertiary/aromatic N) is 2. The monoisotopic (exact) mass is 298 g/mol. The van der Waals surface area contributed by atoms with E-state index in [0.717, 1.165) is 28.6 Å². The molecule has 0 atom stereocenters. The highest BCUT2D eigenvalue weighted by Crippen LogP contribution is 2.27. The molecule has 0 radical (unpaired) electrons. The van der Waals surface area contributed by atoms with Crippen molar-refractivity contribution in [2.45, 2.75) is 13.3 Å². The molecular weight excluding hydrogens is 284 g/mol. The van der Waals surface area contributed by atoms with Crippen LogP contribution < -0.4 is 4.74 Å². The second-order valence-electron chi connectivity index (χ2n) is 4.73. The van der Waals surface area contributed by atoms with E-state index in [1.54, 1.807) is 7.11 Å². The van der Waals surface area contributed by atoms with E-state index in [4.69, 9.17) is 21.3 Å². The maximum Gasteiger partial charge on any atom is 0.161 e. The fourth-order valence-corrected chi connectivity index (χ4v) is 2.56. The van der Waals surface area contributed by atoms with Gasteiger partial charge in [0, 0.05) is 10.9 Å². The summed E-state index contributed by atoms with van der Waals surface area (Å²) in [7, 11) is 1.64. The number of para-hydroxylation sites is 1. The van der Waals surface area contributed by atoms with Gasteiger partial charge in [-0.15, -0.1) is 0 Å². The molecule has 1 heterocycles. The van der Waals surface area contributed by atoms with E-state index in [1.165, 1.54) is 5.56 Å². The number of aryl methyl sites for hydroxylation is 1. The molecule has 0 spiro atoms. The van der Waals surface area contributed by atoms with Crippen LogP contribution in [-0.2, 0) is 6.42 Å². The molecule has 3 nitrogen and oxygen atoms in total. The molecule has 3 aromatic rings. The second-order valence-corrected chi connectivity index (χ2v) is 5.09. The molecule has 21 heavy (non-hydrogen) atoms. The largest absolute Gasteiger partial charge is 0.497 e. The third kappa shape index (κ3) is 2.57. The Morgan fingerprint density at radius 2 is 1.81 bits per heavy atom. The van der Waals surface area contributed by atoms with Gasteiger partial charge in [0.2, 0.25) is 0 Å². The van der Waals surface area contributed by atoms with Gasteiger partial charge >= 0.3 is 0 Å². The van der Waals surface area contributed by atoms with Crippen LogP contribution >= 0.6 is 11.6 Å². The minimum Gasteiger partial charge on any atom is -0.497 e. The minimum absolute atomic E-state index is 0.487. The summed E-state index contributed by atoms with van der Waals surface area (Å²) in [5, 5.41) is 1.38. The van der Waals surface area contributed by atoms with Crippen molar-refractivity contribution in [2.75, 3.05) is 7.11 Å². The molecule has 3 rings (SSSR count). The Kier molecular flexibility index (Phi) is 3.76. The first-order valence-electron chi connectivity index (χ1n) is 6.82. The zero-order valence-corrected chi connectivity index (χ0v) is 12.7. The molecule has 0 aliphatic heterocycles. The molecule has 106 valence electrons. The molecule has 1 aromatic heterocycles. The van der Waals surface area contributed by atoms with Crippen LogP contribution in [0.25, 0.3) is 22.3 Å². The first kappa shape index (κ1) is 13.8. The molecule has 0 saturated carbocycles. The summed E-state index contributed by atoms with van der Waals surface area (Å²) < 4.78 is 5.17. The molecule has 0 fully saturated rings. The zero-order valence-electron chi connectivity index (χ0n) is 11.9. The molecule has 0 aliphatic rings. The number of fused-ring (bicyclic) bond motifs is 1. The van der Waals surface area contributed by atoms with Crippen molar-refractivity contribution in [2.24, 2.45) is 0 Å². The number of aromatic nitrogens is 2. The van der Waals surface area contributed by atoms with E-state index < -0.39 is 0 Å². The van der Waals surface area contributed by atoms with Crippen LogP contribution in [0.4, 0.5) is 0 Å². The Morgan fingerprint density at radius 1 is 1.05 bits per heavy atom. The Balaban J connectivity index is 2.18. The number of ether oxygens (including phenoxy) is 1. The predicted molar refractivity (Wildman–Crippen MR) is 85.9 cm³/mol. The number of rotatable bonds is 3. The van der Waals surface area contributed by atoms with Crippen LogP contribution in [0.2, 0.25) is 5.15 Å². The van der Waals surface area contributed by atoms with E-state index in [-0.39, 0.29) is 0 Å². The molecule has 0 unspecified atom stereocenters. The molecule has 0 bridgehead atoms. The summed E-state index contributed by atoms with van der Waals surface area (Å²) in [4.78, 5) is 9.11. The summed E-state index contributed by atoms with van der Waals surface area (Å²) in [5.41, 5.74) is 3.02. The van der Waals surface area contributed by atoms with Gasteiger partial charge in [0.15, 0.2) is 5.82 Å². The Bertz CT molecular complexity index is 785. The fourth-order valence-electron chi connectivity index (χ4n) is 2.33. The Labute approximate surface area is 128 Å². The highest BCUT2D eigenvalue weighted by Gasteiger charge is 2.10. The highest BCUT2D eigenvalue weighted by atomic mass is 35.5. The van der Waals surface area contributed by atoms with Crippen LogP contribution in [0, 0.1) is 0 Å². The van der Waals surface area contributed by atoms with Crippen LogP contribution in [0.1, 0.15) is 12.5 Å². The quantitative estimate of drug-likeness (QED) is 0.667. The molecule has 0 aliphatic carbocycles. The Morgan fingerprint density at radius 3 is 2.48 bits per heavy atom. The van der Waals surface area contributed by atoms with Crippen LogP contribution in [0.5, 0.6) is 5.75 Å². The SMILES string of the molecule is CCc1cccc2c(Cl)nc(-c3ccc(OC)cc3)nc12. The van der Waals surface area contributed by atoms with Gasteiger partial charge in [-0.2, -0.15) is 0 Å². The van der Waals surface area contributed by atoms with E-state index in [2.05, 4.69) is 18.0 Å². The molecule has 2 aromatic carbocycles. The smallest absolute Gasteiger partial charge is 0.161 e. The van der Waals surface area contributed by atoms with Gasteiger partial charge in [0.1, 0.15) is 10.9 Å². The number of methoxy groups -OCH3 is 1. The number of halogens is 1. The van der Waals surface area contributed by atoms with Crippen molar-refractivity contribution in [3.05, 3.63) is 53.2 Å².